The molecule has 10 heteroatoms. The van der Waals surface area contributed by atoms with E-state index < -0.39 is 10.0 Å². The fourth-order valence-corrected chi connectivity index (χ4v) is 6.46. The van der Waals surface area contributed by atoms with Crippen LogP contribution in [0.25, 0.3) is 5.69 Å². The summed E-state index contributed by atoms with van der Waals surface area (Å²) in [5.41, 5.74) is 7.79. The summed E-state index contributed by atoms with van der Waals surface area (Å²) in [5.74, 6) is 0.396. The Morgan fingerprint density at radius 2 is 1.82 bits per heavy atom. The van der Waals surface area contributed by atoms with Gasteiger partial charge in [0.2, 0.25) is 10.0 Å². The molecule has 0 unspecified atom stereocenters. The number of para-hydroxylation sites is 1. The zero-order valence-corrected chi connectivity index (χ0v) is 24.8. The third-order valence-corrected chi connectivity index (χ3v) is 8.16. The third-order valence-electron chi connectivity index (χ3n) is 7.26. The summed E-state index contributed by atoms with van der Waals surface area (Å²) >= 11 is 5.92. The minimum absolute atomic E-state index is 0.219. The van der Waals surface area contributed by atoms with Gasteiger partial charge in [0.25, 0.3) is 0 Å². The fraction of sp³-hybridized carbons (Fsp3) is 0.267. The summed E-state index contributed by atoms with van der Waals surface area (Å²) < 4.78 is 34.2. The van der Waals surface area contributed by atoms with Crippen molar-refractivity contribution in [3.63, 3.8) is 0 Å². The van der Waals surface area contributed by atoms with Crippen molar-refractivity contribution in [3.05, 3.63) is 101 Å². The van der Waals surface area contributed by atoms with Crippen LogP contribution in [0.1, 0.15) is 47.2 Å². The van der Waals surface area contributed by atoms with Crippen molar-refractivity contribution in [3.8, 4) is 11.4 Å². The second kappa shape index (κ2) is 10.9. The molecule has 2 aromatic heterocycles. The van der Waals surface area contributed by atoms with Gasteiger partial charge >= 0.3 is 0 Å². The van der Waals surface area contributed by atoms with Crippen LogP contribution in [-0.4, -0.2) is 36.4 Å². The predicted molar refractivity (Wildman–Crippen MR) is 164 cm³/mol. The van der Waals surface area contributed by atoms with Crippen molar-refractivity contribution in [1.82, 2.24) is 14.9 Å². The number of thiocarbonyl (C=S) groups is 1. The molecule has 0 radical (unpaired) electrons. The van der Waals surface area contributed by atoms with Gasteiger partial charge in [0.15, 0.2) is 5.11 Å². The Labute approximate surface area is 241 Å². The number of aryl methyl sites for hydroxylation is 2. The molecule has 2 aromatic carbocycles. The van der Waals surface area contributed by atoms with E-state index in [0.29, 0.717) is 16.5 Å². The van der Waals surface area contributed by atoms with Gasteiger partial charge in [0.1, 0.15) is 5.75 Å². The Bertz CT molecular complexity index is 1670. The van der Waals surface area contributed by atoms with Gasteiger partial charge in [0.05, 0.1) is 36.8 Å². The first kappa shape index (κ1) is 27.7. The number of hydrogen-bond donors (Lipinski definition) is 2. The maximum atomic E-state index is 11.9. The Balaban J connectivity index is 1.68. The average Bonchev–Trinajstić information content (AvgIpc) is 3.43. The van der Waals surface area contributed by atoms with E-state index in [2.05, 4.69) is 75.6 Å². The molecule has 5 rings (SSSR count). The molecule has 2 N–H and O–H groups in total. The minimum atomic E-state index is -3.48. The van der Waals surface area contributed by atoms with E-state index in [0.717, 1.165) is 41.0 Å². The number of anilines is 2. The summed E-state index contributed by atoms with van der Waals surface area (Å²) in [6.07, 6.45) is 3.82. The number of hydrogen-bond acceptors (Lipinski definition) is 5. The molecule has 40 heavy (non-hydrogen) atoms. The monoisotopic (exact) mass is 575 g/mol. The summed E-state index contributed by atoms with van der Waals surface area (Å²) in [4.78, 5) is 6.74. The fourth-order valence-electron chi connectivity index (χ4n) is 5.55. The summed E-state index contributed by atoms with van der Waals surface area (Å²) in [7, 11) is -1.97. The number of nitrogens with zero attached hydrogens (tertiary/aromatic N) is 3. The summed E-state index contributed by atoms with van der Waals surface area (Å²) in [5, 5.41) is 4.06. The molecule has 1 saturated heterocycles. The van der Waals surface area contributed by atoms with E-state index in [1.165, 1.54) is 18.4 Å². The quantitative estimate of drug-likeness (QED) is 0.264. The zero-order valence-electron chi connectivity index (χ0n) is 23.2. The summed E-state index contributed by atoms with van der Waals surface area (Å²) in [6, 6.07) is 21.5. The van der Waals surface area contributed by atoms with Gasteiger partial charge in [-0.3, -0.25) is 9.71 Å². The van der Waals surface area contributed by atoms with E-state index in [1.54, 1.807) is 18.3 Å². The van der Waals surface area contributed by atoms with E-state index in [1.807, 2.05) is 24.3 Å². The lowest BCUT2D eigenvalue weighted by atomic mass is 9.96. The van der Waals surface area contributed by atoms with Crippen LogP contribution in [0.5, 0.6) is 5.75 Å². The smallest absolute Gasteiger partial charge is 0.229 e. The van der Waals surface area contributed by atoms with Gasteiger partial charge in [-0.25, -0.2) is 8.42 Å². The average molecular weight is 576 g/mol. The van der Waals surface area contributed by atoms with E-state index in [-0.39, 0.29) is 12.1 Å². The van der Waals surface area contributed by atoms with Crippen LogP contribution >= 0.6 is 12.2 Å². The van der Waals surface area contributed by atoms with E-state index in [9.17, 15) is 8.42 Å². The maximum Gasteiger partial charge on any atom is 0.229 e. The van der Waals surface area contributed by atoms with Gasteiger partial charge in [-0.15, -0.1) is 0 Å². The molecule has 8 nitrogen and oxygen atoms in total. The molecule has 2 atom stereocenters. The molecule has 1 fully saturated rings. The number of ether oxygens (including phenoxy) is 1. The van der Waals surface area contributed by atoms with E-state index >= 15 is 0 Å². The highest BCUT2D eigenvalue weighted by molar-refractivity contribution is 7.92. The van der Waals surface area contributed by atoms with Crippen molar-refractivity contribution < 1.29 is 13.2 Å². The number of rotatable bonds is 8. The second-order valence-corrected chi connectivity index (χ2v) is 12.0. The first-order valence-electron chi connectivity index (χ1n) is 13.1. The lowest BCUT2D eigenvalue weighted by Crippen LogP contribution is -2.29. The highest BCUT2D eigenvalue weighted by Gasteiger charge is 2.42. The number of aromatic nitrogens is 2. The van der Waals surface area contributed by atoms with Gasteiger partial charge in [-0.2, -0.15) is 0 Å². The third kappa shape index (κ3) is 5.16. The predicted octanol–water partition coefficient (Wildman–Crippen LogP) is 5.61. The number of benzene rings is 2. The molecule has 1 aliphatic heterocycles. The van der Waals surface area contributed by atoms with E-state index in [4.69, 9.17) is 17.0 Å². The van der Waals surface area contributed by atoms with Gasteiger partial charge < -0.3 is 19.5 Å². The molecule has 4 aromatic rings. The Morgan fingerprint density at radius 3 is 2.50 bits per heavy atom. The minimum Gasteiger partial charge on any atom is -0.494 e. The molecule has 0 saturated carbocycles. The Hall–Kier alpha value is -3.89. The van der Waals surface area contributed by atoms with Crippen LogP contribution in [0.2, 0.25) is 0 Å². The number of pyridine rings is 1. The Morgan fingerprint density at radius 1 is 1.07 bits per heavy atom. The van der Waals surface area contributed by atoms with Crippen LogP contribution in [0.15, 0.2) is 72.9 Å². The number of nitrogens with one attached hydrogen (secondary N) is 2. The van der Waals surface area contributed by atoms with Crippen molar-refractivity contribution in [2.45, 2.75) is 39.3 Å². The molecule has 3 heterocycles. The number of sulfonamides is 1. The topological polar surface area (TPSA) is 88.5 Å². The van der Waals surface area contributed by atoms with Crippen molar-refractivity contribution in [2.75, 3.05) is 23.0 Å². The van der Waals surface area contributed by atoms with Crippen molar-refractivity contribution >= 4 is 38.7 Å². The molecule has 208 valence electrons. The molecular weight excluding hydrogens is 542 g/mol. The highest BCUT2D eigenvalue weighted by atomic mass is 32.2. The molecular formula is C30H33N5O3S2. The van der Waals surface area contributed by atoms with Crippen molar-refractivity contribution in [2.24, 2.45) is 0 Å². The molecule has 0 aliphatic carbocycles. The van der Waals surface area contributed by atoms with Gasteiger partial charge in [0, 0.05) is 35.0 Å². The zero-order chi connectivity index (χ0) is 28.6. The van der Waals surface area contributed by atoms with Crippen LogP contribution in [-0.2, 0) is 16.4 Å². The maximum absolute atomic E-state index is 11.9. The summed E-state index contributed by atoms with van der Waals surface area (Å²) in [6.45, 7) is 6.43. The first-order chi connectivity index (χ1) is 19.1. The van der Waals surface area contributed by atoms with Crippen LogP contribution in [0.3, 0.4) is 0 Å². The first-order valence-corrected chi connectivity index (χ1v) is 15.4. The molecule has 0 bridgehead atoms. The normalized spacial score (nSPS) is 17.1. The van der Waals surface area contributed by atoms with Crippen LogP contribution in [0.4, 0.5) is 11.4 Å². The van der Waals surface area contributed by atoms with Crippen molar-refractivity contribution in [1.29, 1.82) is 0 Å². The van der Waals surface area contributed by atoms with Crippen LogP contribution < -0.4 is 19.7 Å². The molecule has 0 spiro atoms. The van der Waals surface area contributed by atoms with Crippen LogP contribution in [0, 0.1) is 13.8 Å². The molecule has 1 aliphatic rings. The lowest BCUT2D eigenvalue weighted by Gasteiger charge is -2.29. The highest BCUT2D eigenvalue weighted by Crippen LogP contribution is 2.45. The largest absolute Gasteiger partial charge is 0.494 e. The lowest BCUT2D eigenvalue weighted by molar-refractivity contribution is 0.417. The number of methoxy groups -OCH3 is 1. The standard InChI is InChI=1S/C30H33N5O3S2/c1-6-21-11-7-8-13-26(21)34-19(2)17-23(20(34)3)29-28(25-12-9-10-16-31-25)32-30(39)35(29)22-14-15-24(27(18-22)38-4)33-40(5,36)37/h7-18,28-29,33H,6H2,1-5H3,(H,32,39)/t28-,29+/m0/s1. The Kier molecular flexibility index (Phi) is 7.57. The second-order valence-electron chi connectivity index (χ2n) is 9.90. The molecule has 0 amide bonds. The SMILES string of the molecule is CCc1ccccc1-n1c(C)cc([C@@H]2[C@H](c3ccccn3)NC(=S)N2c2ccc(NS(C)(=O)=O)c(OC)c2)c1C. The van der Waals surface area contributed by atoms with Gasteiger partial charge in [-0.05, 0) is 80.0 Å². The van der Waals surface area contributed by atoms with Gasteiger partial charge in [-0.1, -0.05) is 31.2 Å².